The fourth-order valence-corrected chi connectivity index (χ4v) is 8.20. The first-order chi connectivity index (χ1) is 29.7. The van der Waals surface area contributed by atoms with Gasteiger partial charge in [-0.3, -0.25) is 0 Å². The SMILES string of the molecule is [C-]#[N+]c1c(-c2cccc(-c3ccc4c5ccccc5n(-c5ccc(-c6nc(-c7ccccc7)nc(-c7ccccc7)n6)cc5-c5ccccc5)c4c3)c2)nc2ccccn12. The highest BCUT2D eigenvalue weighted by atomic mass is 15.1. The van der Waals surface area contributed by atoms with Crippen LogP contribution in [0.4, 0.5) is 5.82 Å². The Morgan fingerprint density at radius 1 is 0.400 bits per heavy atom. The Morgan fingerprint density at radius 2 is 0.967 bits per heavy atom. The van der Waals surface area contributed by atoms with E-state index in [1.54, 1.807) is 0 Å². The minimum absolute atomic E-state index is 0.500. The Morgan fingerprint density at radius 3 is 1.68 bits per heavy atom. The Hall–Kier alpha value is -8.47. The number of pyridine rings is 1. The van der Waals surface area contributed by atoms with Gasteiger partial charge in [-0.15, -0.1) is 0 Å². The summed E-state index contributed by atoms with van der Waals surface area (Å²) in [7, 11) is 0. The van der Waals surface area contributed by atoms with Gasteiger partial charge in [0.1, 0.15) is 0 Å². The number of hydrogen-bond donors (Lipinski definition) is 0. The second kappa shape index (κ2) is 14.5. The fourth-order valence-electron chi connectivity index (χ4n) is 8.20. The molecule has 4 heterocycles. The summed E-state index contributed by atoms with van der Waals surface area (Å²) in [6, 6.07) is 66.6. The summed E-state index contributed by atoms with van der Waals surface area (Å²) in [5, 5.41) is 2.32. The van der Waals surface area contributed by atoms with Gasteiger partial charge < -0.3 is 9.41 Å². The van der Waals surface area contributed by atoms with E-state index in [2.05, 4.69) is 106 Å². The van der Waals surface area contributed by atoms with Crippen molar-refractivity contribution in [2.75, 3.05) is 0 Å². The van der Waals surface area contributed by atoms with E-state index in [-0.39, 0.29) is 0 Å². The van der Waals surface area contributed by atoms with E-state index in [0.717, 1.165) is 72.3 Å². The number of para-hydroxylation sites is 1. The maximum atomic E-state index is 7.98. The highest BCUT2D eigenvalue weighted by Crippen LogP contribution is 2.40. The first-order valence-electron chi connectivity index (χ1n) is 19.8. The molecule has 0 fully saturated rings. The summed E-state index contributed by atoms with van der Waals surface area (Å²) >= 11 is 0. The molecule has 0 bridgehead atoms. The van der Waals surface area contributed by atoms with Crippen molar-refractivity contribution >= 4 is 33.3 Å². The van der Waals surface area contributed by atoms with Crippen molar-refractivity contribution in [3.8, 4) is 73.4 Å². The molecular formula is C53H33N7. The van der Waals surface area contributed by atoms with Crippen LogP contribution in [-0.2, 0) is 0 Å². The number of rotatable bonds is 7. The van der Waals surface area contributed by atoms with Crippen molar-refractivity contribution in [3.05, 3.63) is 212 Å². The largest absolute Gasteiger partial charge is 0.362 e. The Kier molecular flexibility index (Phi) is 8.39. The summed E-state index contributed by atoms with van der Waals surface area (Å²) in [6.45, 7) is 7.98. The van der Waals surface area contributed by atoms with E-state index in [9.17, 15) is 0 Å². The molecule has 7 heteroatoms. The molecule has 0 unspecified atom stereocenters. The molecule has 0 amide bonds. The quantitative estimate of drug-likeness (QED) is 0.152. The van der Waals surface area contributed by atoms with Crippen LogP contribution in [0.2, 0.25) is 0 Å². The Bertz CT molecular complexity index is 3380. The maximum Gasteiger partial charge on any atom is 0.262 e. The van der Waals surface area contributed by atoms with Gasteiger partial charge in [-0.05, 0) is 64.7 Å². The van der Waals surface area contributed by atoms with E-state index in [1.165, 1.54) is 5.39 Å². The van der Waals surface area contributed by atoms with Gasteiger partial charge in [-0.25, -0.2) is 24.3 Å². The van der Waals surface area contributed by atoms with Crippen LogP contribution >= 0.6 is 0 Å². The van der Waals surface area contributed by atoms with E-state index in [0.29, 0.717) is 29.0 Å². The molecule has 0 spiro atoms. The number of hydrogen-bond acceptors (Lipinski definition) is 4. The third-order valence-corrected chi connectivity index (χ3v) is 11.0. The maximum absolute atomic E-state index is 7.98. The predicted octanol–water partition coefficient (Wildman–Crippen LogP) is 13.2. The van der Waals surface area contributed by atoms with Crippen molar-refractivity contribution in [1.29, 1.82) is 0 Å². The predicted molar refractivity (Wildman–Crippen MR) is 242 cm³/mol. The van der Waals surface area contributed by atoms with E-state index < -0.39 is 0 Å². The van der Waals surface area contributed by atoms with E-state index in [1.807, 2.05) is 108 Å². The molecule has 0 N–H and O–H groups in total. The normalized spacial score (nSPS) is 11.3. The molecule has 7 aromatic carbocycles. The summed E-state index contributed by atoms with van der Waals surface area (Å²) < 4.78 is 4.22. The summed E-state index contributed by atoms with van der Waals surface area (Å²) in [5.74, 6) is 2.34. The summed E-state index contributed by atoms with van der Waals surface area (Å²) in [5.41, 5.74) is 12.5. The topological polar surface area (TPSA) is 65.3 Å². The van der Waals surface area contributed by atoms with Crippen molar-refractivity contribution in [3.63, 3.8) is 0 Å². The summed E-state index contributed by atoms with van der Waals surface area (Å²) in [4.78, 5) is 23.8. The van der Waals surface area contributed by atoms with Crippen molar-refractivity contribution in [2.24, 2.45) is 0 Å². The fraction of sp³-hybridized carbons (Fsp3) is 0. The van der Waals surface area contributed by atoms with Crippen LogP contribution in [0.25, 0.3) is 106 Å². The molecule has 0 aliphatic heterocycles. The molecule has 0 aliphatic rings. The molecule has 0 saturated carbocycles. The van der Waals surface area contributed by atoms with Crippen molar-refractivity contribution < 1.29 is 0 Å². The zero-order valence-electron chi connectivity index (χ0n) is 32.2. The highest BCUT2D eigenvalue weighted by Gasteiger charge is 2.20. The standard InChI is InChI=1S/C53H33N7/c1-54-53-49(55-48-26-13-14-31-59(48)53)40-23-15-22-38(32-40)39-27-29-43-42-24-11-12-25-45(42)60(47(43)34-39)46-30-28-41(33-44(46)35-16-5-2-6-17-35)52-57-50(36-18-7-3-8-19-36)56-51(58-52)37-20-9-4-10-21-37/h2-34H. The average Bonchev–Trinajstić information content (AvgIpc) is 3.87. The van der Waals surface area contributed by atoms with Crippen LogP contribution in [0.1, 0.15) is 0 Å². The first-order valence-corrected chi connectivity index (χ1v) is 19.8. The monoisotopic (exact) mass is 767 g/mol. The van der Waals surface area contributed by atoms with Crippen LogP contribution in [0, 0.1) is 6.57 Å². The van der Waals surface area contributed by atoms with Crippen LogP contribution in [0.3, 0.4) is 0 Å². The first kappa shape index (κ1) is 34.8. The molecule has 11 rings (SSSR count). The number of aromatic nitrogens is 6. The third-order valence-electron chi connectivity index (χ3n) is 11.0. The molecule has 280 valence electrons. The van der Waals surface area contributed by atoms with Gasteiger partial charge in [0.15, 0.2) is 17.5 Å². The van der Waals surface area contributed by atoms with Crippen LogP contribution in [0.15, 0.2) is 200 Å². The van der Waals surface area contributed by atoms with Gasteiger partial charge in [0.25, 0.3) is 5.82 Å². The van der Waals surface area contributed by atoms with Crippen LogP contribution < -0.4 is 0 Å². The lowest BCUT2D eigenvalue weighted by molar-refractivity contribution is 1.07. The van der Waals surface area contributed by atoms with Gasteiger partial charge in [0.05, 0.1) is 28.6 Å². The number of benzene rings is 7. The van der Waals surface area contributed by atoms with Gasteiger partial charge in [0.2, 0.25) is 5.65 Å². The van der Waals surface area contributed by atoms with Gasteiger partial charge in [-0.2, -0.15) is 0 Å². The molecule has 11 aromatic rings. The van der Waals surface area contributed by atoms with Crippen LogP contribution in [-0.4, -0.2) is 28.9 Å². The Labute approximate surface area is 346 Å². The molecule has 4 aromatic heterocycles. The number of fused-ring (bicyclic) bond motifs is 4. The highest BCUT2D eigenvalue weighted by molar-refractivity contribution is 6.11. The van der Waals surface area contributed by atoms with Gasteiger partial charge >= 0.3 is 0 Å². The average molecular weight is 768 g/mol. The lowest BCUT2D eigenvalue weighted by Crippen LogP contribution is -2.02. The smallest absolute Gasteiger partial charge is 0.262 e. The van der Waals surface area contributed by atoms with Crippen molar-refractivity contribution in [1.82, 2.24) is 28.9 Å². The number of imidazole rings is 1. The van der Waals surface area contributed by atoms with E-state index in [4.69, 9.17) is 26.5 Å². The minimum Gasteiger partial charge on any atom is -0.362 e. The zero-order valence-corrected chi connectivity index (χ0v) is 32.2. The number of nitrogens with zero attached hydrogens (tertiary/aromatic N) is 7. The zero-order chi connectivity index (χ0) is 40.0. The summed E-state index contributed by atoms with van der Waals surface area (Å²) in [6.07, 6.45) is 1.89. The Balaban J connectivity index is 1.10. The molecule has 0 aliphatic carbocycles. The molecule has 7 nitrogen and oxygen atoms in total. The van der Waals surface area contributed by atoms with Crippen molar-refractivity contribution in [2.45, 2.75) is 0 Å². The molecule has 0 atom stereocenters. The molecular weight excluding hydrogens is 735 g/mol. The van der Waals surface area contributed by atoms with Gasteiger partial charge in [0, 0.05) is 39.1 Å². The second-order valence-electron chi connectivity index (χ2n) is 14.6. The minimum atomic E-state index is 0.500. The molecule has 0 radical (unpaired) electrons. The lowest BCUT2D eigenvalue weighted by Gasteiger charge is -2.16. The lowest BCUT2D eigenvalue weighted by atomic mass is 9.99. The third kappa shape index (κ3) is 5.99. The van der Waals surface area contributed by atoms with Gasteiger partial charge in [-0.1, -0.05) is 152 Å². The second-order valence-corrected chi connectivity index (χ2v) is 14.6. The van der Waals surface area contributed by atoms with E-state index >= 15 is 0 Å². The molecule has 60 heavy (non-hydrogen) atoms. The molecule has 0 saturated heterocycles. The van der Waals surface area contributed by atoms with Crippen LogP contribution in [0.5, 0.6) is 0 Å².